The molecule has 0 aliphatic heterocycles. The van der Waals surface area contributed by atoms with E-state index in [0.29, 0.717) is 12.6 Å². The first kappa shape index (κ1) is 15.3. The zero-order chi connectivity index (χ0) is 13.7. The normalized spacial score (nSPS) is 33.2. The van der Waals surface area contributed by atoms with E-state index in [4.69, 9.17) is 0 Å². The maximum Gasteiger partial charge on any atom is 0.0613 e. The van der Waals surface area contributed by atoms with E-state index in [1.165, 1.54) is 45.1 Å². The molecule has 2 aliphatic carbocycles. The zero-order valence-electron chi connectivity index (χ0n) is 12.8. The minimum Gasteiger partial charge on any atom is -0.394 e. The van der Waals surface area contributed by atoms with Crippen LogP contribution >= 0.6 is 0 Å². The number of rotatable bonds is 6. The minimum atomic E-state index is -0.0102. The van der Waals surface area contributed by atoms with Crippen molar-refractivity contribution in [3.8, 4) is 0 Å². The average Bonchev–Trinajstić information content (AvgIpc) is 2.94. The van der Waals surface area contributed by atoms with E-state index in [9.17, 15) is 5.11 Å². The first-order valence-electron chi connectivity index (χ1n) is 8.36. The summed E-state index contributed by atoms with van der Waals surface area (Å²) in [6.07, 6.45) is 10.4. The van der Waals surface area contributed by atoms with Crippen LogP contribution in [0, 0.1) is 0 Å². The van der Waals surface area contributed by atoms with Gasteiger partial charge in [-0.2, -0.15) is 0 Å². The molecule has 0 bridgehead atoms. The van der Waals surface area contributed by atoms with Gasteiger partial charge in [0.25, 0.3) is 0 Å². The van der Waals surface area contributed by atoms with Crippen molar-refractivity contribution in [1.82, 2.24) is 10.2 Å². The van der Waals surface area contributed by atoms with Crippen LogP contribution in [0.4, 0.5) is 0 Å². The maximum atomic E-state index is 9.83. The standard InChI is InChI=1S/C16H32N2O/c1-3-17-16(13-19)11-7-10-15(12-16)18(4-2)14-8-5-6-9-14/h14-15,17,19H,3-13H2,1-2H3. The number of aliphatic hydroxyl groups excluding tert-OH is 1. The van der Waals surface area contributed by atoms with E-state index >= 15 is 0 Å². The topological polar surface area (TPSA) is 35.5 Å². The Morgan fingerprint density at radius 2 is 1.79 bits per heavy atom. The third-order valence-electron chi connectivity index (χ3n) is 5.30. The quantitative estimate of drug-likeness (QED) is 0.777. The second-order valence-corrected chi connectivity index (χ2v) is 6.49. The van der Waals surface area contributed by atoms with Gasteiger partial charge in [0.05, 0.1) is 6.61 Å². The van der Waals surface area contributed by atoms with Crippen LogP contribution in [0.2, 0.25) is 0 Å². The highest BCUT2D eigenvalue weighted by molar-refractivity contribution is 4.97. The van der Waals surface area contributed by atoms with Crippen molar-refractivity contribution in [2.24, 2.45) is 0 Å². The number of aliphatic hydroxyl groups is 1. The predicted octanol–water partition coefficient (Wildman–Crippen LogP) is 2.53. The Hall–Kier alpha value is -0.120. The maximum absolute atomic E-state index is 9.83. The van der Waals surface area contributed by atoms with Gasteiger partial charge in [-0.15, -0.1) is 0 Å². The third-order valence-corrected chi connectivity index (χ3v) is 5.30. The molecule has 3 heteroatoms. The summed E-state index contributed by atoms with van der Waals surface area (Å²) < 4.78 is 0. The molecule has 2 aliphatic rings. The van der Waals surface area contributed by atoms with Crippen LogP contribution in [0.15, 0.2) is 0 Å². The Morgan fingerprint density at radius 1 is 1.11 bits per heavy atom. The molecule has 2 rings (SSSR count). The molecule has 0 aromatic rings. The molecule has 0 aromatic carbocycles. The van der Waals surface area contributed by atoms with Gasteiger partial charge in [0.2, 0.25) is 0 Å². The van der Waals surface area contributed by atoms with Crippen LogP contribution in [-0.4, -0.2) is 47.3 Å². The molecule has 0 spiro atoms. The molecule has 2 saturated carbocycles. The molecule has 2 N–H and O–H groups in total. The first-order valence-corrected chi connectivity index (χ1v) is 8.36. The number of hydrogen-bond donors (Lipinski definition) is 2. The highest BCUT2D eigenvalue weighted by atomic mass is 16.3. The molecule has 112 valence electrons. The first-order chi connectivity index (χ1) is 9.24. The van der Waals surface area contributed by atoms with Crippen molar-refractivity contribution < 1.29 is 5.11 Å². The summed E-state index contributed by atoms with van der Waals surface area (Å²) in [6.45, 7) is 6.88. The molecular weight excluding hydrogens is 236 g/mol. The molecule has 0 heterocycles. The zero-order valence-corrected chi connectivity index (χ0v) is 12.8. The summed E-state index contributed by atoms with van der Waals surface area (Å²) in [7, 11) is 0. The van der Waals surface area contributed by atoms with Crippen molar-refractivity contribution >= 4 is 0 Å². The van der Waals surface area contributed by atoms with Crippen molar-refractivity contribution in [3.05, 3.63) is 0 Å². The second kappa shape index (κ2) is 7.05. The molecule has 2 unspecified atom stereocenters. The molecule has 0 saturated heterocycles. The Kier molecular flexibility index (Phi) is 5.67. The molecule has 19 heavy (non-hydrogen) atoms. The largest absolute Gasteiger partial charge is 0.394 e. The van der Waals surface area contributed by atoms with E-state index in [-0.39, 0.29) is 5.54 Å². The summed E-state index contributed by atoms with van der Waals surface area (Å²) in [5, 5.41) is 13.4. The van der Waals surface area contributed by atoms with Gasteiger partial charge in [-0.1, -0.05) is 26.7 Å². The number of likely N-dealkylation sites (N-methyl/N-ethyl adjacent to an activating group) is 1. The summed E-state index contributed by atoms with van der Waals surface area (Å²) in [6, 6.07) is 1.49. The van der Waals surface area contributed by atoms with Crippen LogP contribution < -0.4 is 5.32 Å². The molecular formula is C16H32N2O. The Balaban J connectivity index is 2.01. The second-order valence-electron chi connectivity index (χ2n) is 6.49. The highest BCUT2D eigenvalue weighted by Gasteiger charge is 2.38. The van der Waals surface area contributed by atoms with E-state index in [0.717, 1.165) is 25.4 Å². The molecule has 0 amide bonds. The van der Waals surface area contributed by atoms with Gasteiger partial charge in [-0.25, -0.2) is 0 Å². The summed E-state index contributed by atoms with van der Waals surface area (Å²) in [5.41, 5.74) is -0.0102. The Morgan fingerprint density at radius 3 is 2.37 bits per heavy atom. The lowest BCUT2D eigenvalue weighted by molar-refractivity contribution is 0.0429. The summed E-state index contributed by atoms with van der Waals surface area (Å²) in [5.74, 6) is 0. The van der Waals surface area contributed by atoms with Gasteiger partial charge in [0, 0.05) is 17.6 Å². The monoisotopic (exact) mass is 268 g/mol. The fraction of sp³-hybridized carbons (Fsp3) is 1.00. The van der Waals surface area contributed by atoms with Gasteiger partial charge in [0.15, 0.2) is 0 Å². The Bertz CT molecular complexity index is 261. The van der Waals surface area contributed by atoms with E-state index in [1.807, 2.05) is 0 Å². The van der Waals surface area contributed by atoms with Crippen molar-refractivity contribution in [2.75, 3.05) is 19.7 Å². The minimum absolute atomic E-state index is 0.0102. The van der Waals surface area contributed by atoms with Gasteiger partial charge in [-0.3, -0.25) is 4.90 Å². The smallest absolute Gasteiger partial charge is 0.0613 e. The van der Waals surface area contributed by atoms with E-state index in [2.05, 4.69) is 24.1 Å². The SMILES string of the molecule is CCNC1(CO)CCCC(N(CC)C2CCCC2)C1. The fourth-order valence-electron chi connectivity index (χ4n) is 4.40. The predicted molar refractivity (Wildman–Crippen MR) is 80.4 cm³/mol. The average molecular weight is 268 g/mol. The van der Waals surface area contributed by atoms with Gasteiger partial charge in [0.1, 0.15) is 0 Å². The number of nitrogens with one attached hydrogen (secondary N) is 1. The number of hydrogen-bond acceptors (Lipinski definition) is 3. The van der Waals surface area contributed by atoms with E-state index in [1.54, 1.807) is 0 Å². The molecule has 2 atom stereocenters. The van der Waals surface area contributed by atoms with Gasteiger partial charge >= 0.3 is 0 Å². The summed E-state index contributed by atoms with van der Waals surface area (Å²) in [4.78, 5) is 2.74. The fourth-order valence-corrected chi connectivity index (χ4v) is 4.40. The third kappa shape index (κ3) is 3.50. The lowest BCUT2D eigenvalue weighted by atomic mass is 9.78. The van der Waals surface area contributed by atoms with Crippen molar-refractivity contribution in [3.63, 3.8) is 0 Å². The van der Waals surface area contributed by atoms with Crippen LogP contribution in [0.1, 0.15) is 65.2 Å². The van der Waals surface area contributed by atoms with Crippen LogP contribution in [0.5, 0.6) is 0 Å². The molecule has 3 nitrogen and oxygen atoms in total. The van der Waals surface area contributed by atoms with Crippen molar-refractivity contribution in [2.45, 2.75) is 82.8 Å². The van der Waals surface area contributed by atoms with Gasteiger partial charge in [-0.05, 0) is 51.6 Å². The molecule has 0 aromatic heterocycles. The van der Waals surface area contributed by atoms with Crippen molar-refractivity contribution in [1.29, 1.82) is 0 Å². The summed E-state index contributed by atoms with van der Waals surface area (Å²) >= 11 is 0. The van der Waals surface area contributed by atoms with Gasteiger partial charge < -0.3 is 10.4 Å². The van der Waals surface area contributed by atoms with Crippen LogP contribution in [0.25, 0.3) is 0 Å². The van der Waals surface area contributed by atoms with Crippen LogP contribution in [0.3, 0.4) is 0 Å². The highest BCUT2D eigenvalue weighted by Crippen LogP contribution is 2.34. The molecule has 2 fully saturated rings. The Labute approximate surface area is 118 Å². The van der Waals surface area contributed by atoms with Crippen LogP contribution in [-0.2, 0) is 0 Å². The number of nitrogens with zero attached hydrogens (tertiary/aromatic N) is 1. The van der Waals surface area contributed by atoms with E-state index < -0.39 is 0 Å². The lowest BCUT2D eigenvalue weighted by Gasteiger charge is -2.46. The molecule has 0 radical (unpaired) electrons. The lowest BCUT2D eigenvalue weighted by Crippen LogP contribution is -2.57.